The zero-order valence-electron chi connectivity index (χ0n) is 18.5. The second-order valence-electron chi connectivity index (χ2n) is 7.60. The number of carboxylic acids is 2. The Bertz CT molecular complexity index is 868. The average Bonchev–Trinajstić information content (AvgIpc) is 2.78. The lowest BCUT2D eigenvalue weighted by Gasteiger charge is -2.25. The van der Waals surface area contributed by atoms with Crippen molar-refractivity contribution in [1.82, 2.24) is 16.0 Å². The summed E-state index contributed by atoms with van der Waals surface area (Å²) in [6.07, 6.45) is -1.88. The highest BCUT2D eigenvalue weighted by Gasteiger charge is 2.31. The van der Waals surface area contributed by atoms with Gasteiger partial charge in [-0.2, -0.15) is 12.6 Å². The van der Waals surface area contributed by atoms with Crippen LogP contribution in [0.5, 0.6) is 0 Å². The molecule has 0 fully saturated rings. The maximum atomic E-state index is 12.8. The molecule has 12 nitrogen and oxygen atoms in total. The standard InChI is InChI=1S/C21H30N4O8S/c1-11(26)17(21(32)33)25-19(30)14(9-12-5-3-2-4-6-12)23-20(31)15(10-34)24-18(29)13(22)7-8-16(27)28/h2-6,11,13-15,17,26,34H,7-10,22H2,1H3,(H,23,31)(H,24,29)(H,25,30)(H,27,28)(H,32,33). The van der Waals surface area contributed by atoms with Gasteiger partial charge >= 0.3 is 11.9 Å². The Morgan fingerprint density at radius 2 is 1.50 bits per heavy atom. The van der Waals surface area contributed by atoms with Crippen LogP contribution in [0.3, 0.4) is 0 Å². The van der Waals surface area contributed by atoms with Crippen molar-refractivity contribution in [3.05, 3.63) is 35.9 Å². The third-order valence-corrected chi connectivity index (χ3v) is 5.15. The Kier molecular flexibility index (Phi) is 12.0. The fraction of sp³-hybridized carbons (Fsp3) is 0.476. The maximum Gasteiger partial charge on any atom is 0.328 e. The molecule has 34 heavy (non-hydrogen) atoms. The van der Waals surface area contributed by atoms with E-state index in [9.17, 15) is 34.2 Å². The lowest BCUT2D eigenvalue weighted by Crippen LogP contribution is -2.59. The molecule has 0 saturated carbocycles. The predicted molar refractivity (Wildman–Crippen MR) is 124 cm³/mol. The quantitative estimate of drug-likeness (QED) is 0.137. The SMILES string of the molecule is CC(O)C(NC(=O)C(Cc1ccccc1)NC(=O)C(CS)NC(=O)C(N)CCC(=O)O)C(=O)O. The van der Waals surface area contributed by atoms with Gasteiger partial charge in [0.05, 0.1) is 12.1 Å². The second-order valence-corrected chi connectivity index (χ2v) is 7.96. The fourth-order valence-corrected chi connectivity index (χ4v) is 3.11. The molecule has 8 N–H and O–H groups in total. The molecule has 1 aromatic carbocycles. The van der Waals surface area contributed by atoms with E-state index in [1.54, 1.807) is 30.3 Å². The molecule has 5 atom stereocenters. The van der Waals surface area contributed by atoms with E-state index in [1.165, 1.54) is 6.92 Å². The molecule has 3 amide bonds. The van der Waals surface area contributed by atoms with Crippen molar-refractivity contribution in [2.45, 2.75) is 56.5 Å². The van der Waals surface area contributed by atoms with Crippen molar-refractivity contribution in [3.8, 4) is 0 Å². The summed E-state index contributed by atoms with van der Waals surface area (Å²) >= 11 is 4.04. The average molecular weight is 499 g/mol. The lowest BCUT2D eigenvalue weighted by molar-refractivity contribution is -0.145. The van der Waals surface area contributed by atoms with Crippen molar-refractivity contribution in [2.75, 3.05) is 5.75 Å². The van der Waals surface area contributed by atoms with Gasteiger partial charge < -0.3 is 37.0 Å². The molecule has 0 heterocycles. The van der Waals surface area contributed by atoms with E-state index in [1.807, 2.05) is 0 Å². The van der Waals surface area contributed by atoms with Gasteiger partial charge in [0.1, 0.15) is 12.1 Å². The summed E-state index contributed by atoms with van der Waals surface area (Å²) in [4.78, 5) is 59.8. The monoisotopic (exact) mass is 498 g/mol. The van der Waals surface area contributed by atoms with Crippen LogP contribution in [0, 0.1) is 0 Å². The molecule has 0 radical (unpaired) electrons. The largest absolute Gasteiger partial charge is 0.481 e. The minimum absolute atomic E-state index is 0.00404. The summed E-state index contributed by atoms with van der Waals surface area (Å²) < 4.78 is 0. The number of nitrogens with one attached hydrogen (secondary N) is 3. The molecular weight excluding hydrogens is 468 g/mol. The van der Waals surface area contributed by atoms with Gasteiger partial charge in [0, 0.05) is 18.6 Å². The number of hydrogen-bond donors (Lipinski definition) is 8. The van der Waals surface area contributed by atoms with E-state index in [-0.39, 0.29) is 25.0 Å². The Balaban J connectivity index is 2.97. The molecule has 0 aliphatic heterocycles. The first-order valence-electron chi connectivity index (χ1n) is 10.4. The van der Waals surface area contributed by atoms with Crippen LogP contribution in [-0.4, -0.2) is 81.0 Å². The van der Waals surface area contributed by atoms with Gasteiger partial charge in [-0.05, 0) is 18.9 Å². The number of hydrogen-bond acceptors (Lipinski definition) is 8. The number of benzene rings is 1. The van der Waals surface area contributed by atoms with E-state index in [2.05, 4.69) is 28.6 Å². The van der Waals surface area contributed by atoms with Crippen molar-refractivity contribution in [2.24, 2.45) is 5.73 Å². The number of aliphatic carboxylic acids is 2. The Labute approximate surface area is 201 Å². The summed E-state index contributed by atoms with van der Waals surface area (Å²) in [5.74, 6) is -5.14. The number of carbonyl (C=O) groups excluding carboxylic acids is 3. The van der Waals surface area contributed by atoms with Gasteiger partial charge in [0.15, 0.2) is 6.04 Å². The van der Waals surface area contributed by atoms with Gasteiger partial charge in [0.25, 0.3) is 0 Å². The summed E-state index contributed by atoms with van der Waals surface area (Å²) in [5, 5.41) is 34.6. The minimum atomic E-state index is -1.60. The Morgan fingerprint density at radius 1 is 0.941 bits per heavy atom. The molecule has 1 aromatic rings. The molecule has 0 bridgehead atoms. The van der Waals surface area contributed by atoms with Crippen LogP contribution in [0.1, 0.15) is 25.3 Å². The Hall–Kier alpha value is -3.16. The van der Waals surface area contributed by atoms with Gasteiger partial charge in [-0.3, -0.25) is 19.2 Å². The first-order valence-corrected chi connectivity index (χ1v) is 11.0. The highest BCUT2D eigenvalue weighted by molar-refractivity contribution is 7.80. The van der Waals surface area contributed by atoms with Gasteiger partial charge in [-0.1, -0.05) is 30.3 Å². The summed E-state index contributed by atoms with van der Waals surface area (Å²) in [6.45, 7) is 1.20. The summed E-state index contributed by atoms with van der Waals surface area (Å²) in [7, 11) is 0. The van der Waals surface area contributed by atoms with Crippen LogP contribution >= 0.6 is 12.6 Å². The van der Waals surface area contributed by atoms with Crippen LogP contribution in [0.15, 0.2) is 30.3 Å². The number of nitrogens with two attached hydrogens (primary N) is 1. The van der Waals surface area contributed by atoms with Gasteiger partial charge in [-0.25, -0.2) is 4.79 Å². The van der Waals surface area contributed by atoms with Gasteiger partial charge in [-0.15, -0.1) is 0 Å². The first kappa shape index (κ1) is 28.9. The van der Waals surface area contributed by atoms with Crippen molar-refractivity contribution in [3.63, 3.8) is 0 Å². The van der Waals surface area contributed by atoms with E-state index in [4.69, 9.17) is 10.8 Å². The molecule has 0 aromatic heterocycles. The van der Waals surface area contributed by atoms with Crippen LogP contribution in [0.25, 0.3) is 0 Å². The second kappa shape index (κ2) is 14.2. The topological polar surface area (TPSA) is 208 Å². The number of rotatable bonds is 14. The number of aliphatic hydroxyl groups excluding tert-OH is 1. The smallest absolute Gasteiger partial charge is 0.328 e. The van der Waals surface area contributed by atoms with Crippen LogP contribution < -0.4 is 21.7 Å². The van der Waals surface area contributed by atoms with Crippen molar-refractivity contribution < 1.29 is 39.3 Å². The number of aliphatic hydroxyl groups is 1. The van der Waals surface area contributed by atoms with Crippen molar-refractivity contribution >= 4 is 42.3 Å². The molecule has 0 saturated heterocycles. The third-order valence-electron chi connectivity index (χ3n) is 4.78. The third kappa shape index (κ3) is 9.77. The number of carbonyl (C=O) groups is 5. The van der Waals surface area contributed by atoms with E-state index in [0.717, 1.165) is 0 Å². The molecular formula is C21H30N4O8S. The lowest BCUT2D eigenvalue weighted by atomic mass is 10.0. The van der Waals surface area contributed by atoms with Crippen molar-refractivity contribution in [1.29, 1.82) is 0 Å². The van der Waals surface area contributed by atoms with E-state index >= 15 is 0 Å². The maximum absolute atomic E-state index is 12.8. The zero-order valence-corrected chi connectivity index (χ0v) is 19.4. The highest BCUT2D eigenvalue weighted by atomic mass is 32.1. The predicted octanol–water partition coefficient (Wildman–Crippen LogP) is -1.73. The van der Waals surface area contributed by atoms with Gasteiger partial charge in [0.2, 0.25) is 17.7 Å². The number of carboxylic acid groups (broad SMARTS) is 2. The van der Waals surface area contributed by atoms with Crippen LogP contribution in [-0.2, 0) is 30.4 Å². The molecule has 13 heteroatoms. The summed E-state index contributed by atoms with van der Waals surface area (Å²) in [5.41, 5.74) is 6.32. The molecule has 0 aliphatic rings. The minimum Gasteiger partial charge on any atom is -0.481 e. The van der Waals surface area contributed by atoms with Crippen LogP contribution in [0.4, 0.5) is 0 Å². The molecule has 188 valence electrons. The fourth-order valence-electron chi connectivity index (χ4n) is 2.86. The number of thiol groups is 1. The number of amides is 3. The normalized spacial score (nSPS) is 15.2. The zero-order chi connectivity index (χ0) is 25.8. The Morgan fingerprint density at radius 3 is 2.00 bits per heavy atom. The molecule has 5 unspecified atom stereocenters. The van der Waals surface area contributed by atoms with Crippen LogP contribution in [0.2, 0.25) is 0 Å². The molecule has 0 spiro atoms. The summed E-state index contributed by atoms with van der Waals surface area (Å²) in [6, 6.07) is 3.39. The van der Waals surface area contributed by atoms with E-state index < -0.39 is 59.9 Å². The first-order chi connectivity index (χ1) is 16.0. The molecule has 0 aliphatic carbocycles. The highest BCUT2D eigenvalue weighted by Crippen LogP contribution is 2.06. The molecule has 1 rings (SSSR count). The van der Waals surface area contributed by atoms with E-state index in [0.29, 0.717) is 5.56 Å².